The van der Waals surface area contributed by atoms with Crippen LogP contribution in [-0.2, 0) is 14.6 Å². The highest BCUT2D eigenvalue weighted by Crippen LogP contribution is 2.05. The van der Waals surface area contributed by atoms with Crippen LogP contribution in [0.1, 0.15) is 23.2 Å². The molecule has 0 aromatic heterocycles. The number of ketones is 1. The number of benzene rings is 1. The molecule has 4 nitrogen and oxygen atoms in total. The Balaban J connectivity index is 2.43. The van der Waals surface area contributed by atoms with E-state index in [1.807, 2.05) is 6.07 Å². The number of hydrogen-bond acceptors (Lipinski definition) is 4. The molecule has 0 heterocycles. The smallest absolute Gasteiger partial charge is 0.163 e. The van der Waals surface area contributed by atoms with Gasteiger partial charge in [-0.3, -0.25) is 4.79 Å². The fourth-order valence-corrected chi connectivity index (χ4v) is 2.80. The van der Waals surface area contributed by atoms with Crippen LogP contribution in [0.25, 0.3) is 0 Å². The molecule has 0 saturated carbocycles. The Morgan fingerprint density at radius 3 is 2.44 bits per heavy atom. The molecule has 0 aliphatic carbocycles. The number of carbonyl (C=O) groups excluding carboxylic acids is 1. The highest BCUT2D eigenvalue weighted by molar-refractivity contribution is 7.91. The molecule has 0 N–H and O–H groups in total. The lowest BCUT2D eigenvalue weighted by Gasteiger charge is -2.04. The Labute approximate surface area is 108 Å². The molecule has 5 heteroatoms. The van der Waals surface area contributed by atoms with Gasteiger partial charge < -0.3 is 4.74 Å². The van der Waals surface area contributed by atoms with E-state index in [2.05, 4.69) is 0 Å². The van der Waals surface area contributed by atoms with Gasteiger partial charge in [0.1, 0.15) is 0 Å². The topological polar surface area (TPSA) is 60.4 Å². The average molecular weight is 270 g/mol. The summed E-state index contributed by atoms with van der Waals surface area (Å²) in [5, 5.41) is 0. The maximum Gasteiger partial charge on any atom is 0.163 e. The first-order chi connectivity index (χ1) is 8.55. The van der Waals surface area contributed by atoms with E-state index in [1.165, 1.54) is 7.11 Å². The first-order valence-corrected chi connectivity index (χ1v) is 7.65. The zero-order valence-corrected chi connectivity index (χ0v) is 11.3. The lowest BCUT2D eigenvalue weighted by molar-refractivity contribution is 0.0989. The van der Waals surface area contributed by atoms with E-state index in [4.69, 9.17) is 4.74 Å². The standard InChI is InChI=1S/C13H18O4S/c1-17-9-5-10-18(15,16)11-8-13(14)12-6-3-2-4-7-12/h2-4,6-7H,5,8-11H2,1H3. The van der Waals surface area contributed by atoms with Crippen LogP contribution in [0.5, 0.6) is 0 Å². The van der Waals surface area contributed by atoms with E-state index < -0.39 is 9.84 Å². The van der Waals surface area contributed by atoms with Gasteiger partial charge >= 0.3 is 0 Å². The van der Waals surface area contributed by atoms with Gasteiger partial charge in [0.2, 0.25) is 0 Å². The largest absolute Gasteiger partial charge is 0.385 e. The van der Waals surface area contributed by atoms with Gasteiger partial charge in [-0.1, -0.05) is 30.3 Å². The van der Waals surface area contributed by atoms with Gasteiger partial charge in [-0.2, -0.15) is 0 Å². The highest BCUT2D eigenvalue weighted by atomic mass is 32.2. The third-order valence-corrected chi connectivity index (χ3v) is 4.28. The molecule has 18 heavy (non-hydrogen) atoms. The summed E-state index contributed by atoms with van der Waals surface area (Å²) >= 11 is 0. The first-order valence-electron chi connectivity index (χ1n) is 5.83. The number of methoxy groups -OCH3 is 1. The molecule has 0 bridgehead atoms. The van der Waals surface area contributed by atoms with Crippen LogP contribution in [0.3, 0.4) is 0 Å². The Kier molecular flexibility index (Phi) is 6.01. The van der Waals surface area contributed by atoms with Crippen molar-refractivity contribution < 1.29 is 17.9 Å². The summed E-state index contributed by atoms with van der Waals surface area (Å²) < 4.78 is 28.1. The molecule has 100 valence electrons. The summed E-state index contributed by atoms with van der Waals surface area (Å²) in [5.74, 6) is -0.154. The van der Waals surface area contributed by atoms with Crippen LogP contribution in [0.15, 0.2) is 30.3 Å². The normalized spacial score (nSPS) is 11.4. The van der Waals surface area contributed by atoms with E-state index in [9.17, 15) is 13.2 Å². The van der Waals surface area contributed by atoms with Crippen molar-refractivity contribution in [1.82, 2.24) is 0 Å². The zero-order chi connectivity index (χ0) is 13.4. The summed E-state index contributed by atoms with van der Waals surface area (Å²) in [6.07, 6.45) is 0.512. The summed E-state index contributed by atoms with van der Waals surface area (Å²) in [5.41, 5.74) is 0.560. The minimum Gasteiger partial charge on any atom is -0.385 e. The molecule has 0 atom stereocenters. The van der Waals surface area contributed by atoms with E-state index in [-0.39, 0.29) is 23.7 Å². The fraction of sp³-hybridized carbons (Fsp3) is 0.462. The van der Waals surface area contributed by atoms with Gasteiger partial charge in [-0.25, -0.2) is 8.42 Å². The molecule has 0 spiro atoms. The highest BCUT2D eigenvalue weighted by Gasteiger charge is 2.14. The molecule has 1 rings (SSSR count). The summed E-state index contributed by atoms with van der Waals surface area (Å²) in [6, 6.07) is 8.73. The number of Topliss-reactive ketones (excluding diaryl/α,β-unsaturated/α-hetero) is 1. The molecular weight excluding hydrogens is 252 g/mol. The first kappa shape index (κ1) is 14.9. The second kappa shape index (κ2) is 7.28. The molecule has 1 aromatic rings. The van der Waals surface area contributed by atoms with Gasteiger partial charge in [0.05, 0.1) is 11.5 Å². The summed E-state index contributed by atoms with van der Waals surface area (Å²) in [6.45, 7) is 0.422. The predicted octanol–water partition coefficient (Wildman–Crippen LogP) is 1.71. The molecule has 0 amide bonds. The number of sulfone groups is 1. The van der Waals surface area contributed by atoms with Crippen LogP contribution in [0.4, 0.5) is 0 Å². The van der Waals surface area contributed by atoms with Crippen LogP contribution in [0, 0.1) is 0 Å². The monoisotopic (exact) mass is 270 g/mol. The maximum atomic E-state index is 11.7. The number of carbonyl (C=O) groups is 1. The number of hydrogen-bond donors (Lipinski definition) is 0. The second-order valence-electron chi connectivity index (χ2n) is 4.04. The Hall–Kier alpha value is -1.20. The molecule has 0 radical (unpaired) electrons. The number of ether oxygens (including phenoxy) is 1. The van der Waals surface area contributed by atoms with Crippen molar-refractivity contribution >= 4 is 15.6 Å². The summed E-state index contributed by atoms with van der Waals surface area (Å²) in [7, 11) is -1.62. The van der Waals surface area contributed by atoms with Gasteiger partial charge in [-0.05, 0) is 6.42 Å². The quantitative estimate of drug-likeness (QED) is 0.533. The molecule has 0 fully saturated rings. The van der Waals surface area contributed by atoms with Crippen molar-refractivity contribution in [2.75, 3.05) is 25.2 Å². The van der Waals surface area contributed by atoms with Crippen molar-refractivity contribution in [2.45, 2.75) is 12.8 Å². The van der Waals surface area contributed by atoms with Crippen molar-refractivity contribution in [3.63, 3.8) is 0 Å². The summed E-state index contributed by atoms with van der Waals surface area (Å²) in [4.78, 5) is 11.7. The SMILES string of the molecule is COCCCS(=O)(=O)CCC(=O)c1ccccc1. The maximum absolute atomic E-state index is 11.7. The Morgan fingerprint density at radius 1 is 1.17 bits per heavy atom. The van der Waals surface area contributed by atoms with E-state index in [0.717, 1.165) is 0 Å². The molecular formula is C13H18O4S. The molecule has 1 aromatic carbocycles. The van der Waals surface area contributed by atoms with Crippen LogP contribution >= 0.6 is 0 Å². The van der Waals surface area contributed by atoms with Gasteiger partial charge in [0, 0.05) is 25.7 Å². The molecule has 0 unspecified atom stereocenters. The third kappa shape index (κ3) is 5.42. The van der Waals surface area contributed by atoms with Gasteiger partial charge in [-0.15, -0.1) is 0 Å². The van der Waals surface area contributed by atoms with Crippen LogP contribution in [0.2, 0.25) is 0 Å². The van der Waals surface area contributed by atoms with Crippen molar-refractivity contribution in [3.05, 3.63) is 35.9 Å². The zero-order valence-electron chi connectivity index (χ0n) is 10.5. The minimum absolute atomic E-state index is 0.0410. The van der Waals surface area contributed by atoms with Crippen molar-refractivity contribution in [1.29, 1.82) is 0 Å². The molecule has 0 saturated heterocycles. The van der Waals surface area contributed by atoms with E-state index >= 15 is 0 Å². The lowest BCUT2D eigenvalue weighted by Crippen LogP contribution is -2.15. The fourth-order valence-electron chi connectivity index (χ4n) is 1.54. The van der Waals surface area contributed by atoms with Crippen molar-refractivity contribution in [2.24, 2.45) is 0 Å². The van der Waals surface area contributed by atoms with Gasteiger partial charge in [0.25, 0.3) is 0 Å². The van der Waals surface area contributed by atoms with Crippen LogP contribution < -0.4 is 0 Å². The Morgan fingerprint density at radius 2 is 1.83 bits per heavy atom. The van der Waals surface area contributed by atoms with Gasteiger partial charge in [0.15, 0.2) is 15.6 Å². The predicted molar refractivity (Wildman–Crippen MR) is 70.5 cm³/mol. The van der Waals surface area contributed by atoms with Crippen molar-refractivity contribution in [3.8, 4) is 0 Å². The lowest BCUT2D eigenvalue weighted by atomic mass is 10.1. The third-order valence-electron chi connectivity index (χ3n) is 2.54. The second-order valence-corrected chi connectivity index (χ2v) is 6.34. The average Bonchev–Trinajstić information content (AvgIpc) is 2.37. The molecule has 0 aliphatic rings. The van der Waals surface area contributed by atoms with E-state index in [1.54, 1.807) is 24.3 Å². The Bertz CT molecular complexity index is 465. The van der Waals surface area contributed by atoms with E-state index in [0.29, 0.717) is 18.6 Å². The van der Waals surface area contributed by atoms with Crippen LogP contribution in [-0.4, -0.2) is 39.4 Å². The number of rotatable bonds is 8. The minimum atomic E-state index is -3.16. The molecule has 0 aliphatic heterocycles.